The summed E-state index contributed by atoms with van der Waals surface area (Å²) in [4.78, 5) is 16.7. The second-order valence-corrected chi connectivity index (χ2v) is 3.97. The zero-order chi connectivity index (χ0) is 12.7. The molecule has 1 heterocycles. The molecule has 1 aromatic rings. The number of aliphatic carboxylic acids is 1. The summed E-state index contributed by atoms with van der Waals surface area (Å²) in [7, 11) is 0. The van der Waals surface area contributed by atoms with Crippen LogP contribution >= 0.6 is 0 Å². The van der Waals surface area contributed by atoms with Crippen molar-refractivity contribution in [1.29, 1.82) is 0 Å². The average molecular weight is 232 g/mol. The van der Waals surface area contributed by atoms with Crippen molar-refractivity contribution in [2.45, 2.75) is 13.5 Å². The van der Waals surface area contributed by atoms with Crippen molar-refractivity contribution in [1.82, 2.24) is 9.88 Å². The van der Waals surface area contributed by atoms with E-state index in [1.54, 1.807) is 19.3 Å². The van der Waals surface area contributed by atoms with E-state index in [9.17, 15) is 4.79 Å². The number of carbonyl (C=O) groups is 1. The van der Waals surface area contributed by atoms with Gasteiger partial charge in [-0.3, -0.25) is 14.7 Å². The van der Waals surface area contributed by atoms with Crippen molar-refractivity contribution >= 4 is 5.97 Å². The Hall–Kier alpha value is -1.86. The SMILES string of the molecule is C#CCN(Cc1cccnc1)CC(C)C(=O)O. The fourth-order valence-electron chi connectivity index (χ4n) is 1.53. The van der Waals surface area contributed by atoms with Gasteiger partial charge in [0, 0.05) is 25.5 Å². The third-order valence-corrected chi connectivity index (χ3v) is 2.40. The van der Waals surface area contributed by atoms with Gasteiger partial charge in [0.1, 0.15) is 0 Å². The molecule has 1 unspecified atom stereocenters. The molecule has 0 spiro atoms. The number of hydrogen-bond acceptors (Lipinski definition) is 3. The normalized spacial score (nSPS) is 12.1. The molecule has 4 nitrogen and oxygen atoms in total. The Balaban J connectivity index is 2.61. The molecular weight excluding hydrogens is 216 g/mol. The lowest BCUT2D eigenvalue weighted by Crippen LogP contribution is -2.31. The third-order valence-electron chi connectivity index (χ3n) is 2.40. The summed E-state index contributed by atoms with van der Waals surface area (Å²) in [6.07, 6.45) is 8.74. The van der Waals surface area contributed by atoms with Gasteiger partial charge in [0.05, 0.1) is 12.5 Å². The molecule has 90 valence electrons. The molecule has 17 heavy (non-hydrogen) atoms. The number of rotatable bonds is 6. The van der Waals surface area contributed by atoms with Gasteiger partial charge in [-0.2, -0.15) is 0 Å². The van der Waals surface area contributed by atoms with Gasteiger partial charge in [0.15, 0.2) is 0 Å². The molecule has 0 aliphatic carbocycles. The summed E-state index contributed by atoms with van der Waals surface area (Å²) in [5.41, 5.74) is 1.03. The topological polar surface area (TPSA) is 53.4 Å². The first kappa shape index (κ1) is 13.2. The highest BCUT2D eigenvalue weighted by molar-refractivity contribution is 5.69. The van der Waals surface area contributed by atoms with Crippen LogP contribution in [-0.4, -0.2) is 34.0 Å². The van der Waals surface area contributed by atoms with Gasteiger partial charge in [0.2, 0.25) is 0 Å². The van der Waals surface area contributed by atoms with Crippen LogP contribution in [0.15, 0.2) is 24.5 Å². The Morgan fingerprint density at radius 3 is 3.00 bits per heavy atom. The van der Waals surface area contributed by atoms with Crippen LogP contribution in [0.5, 0.6) is 0 Å². The molecule has 1 N–H and O–H groups in total. The first-order valence-corrected chi connectivity index (χ1v) is 5.41. The summed E-state index contributed by atoms with van der Waals surface area (Å²) < 4.78 is 0. The van der Waals surface area contributed by atoms with E-state index in [4.69, 9.17) is 11.5 Å². The van der Waals surface area contributed by atoms with Crippen molar-refractivity contribution in [2.24, 2.45) is 5.92 Å². The Bertz CT molecular complexity index is 398. The summed E-state index contributed by atoms with van der Waals surface area (Å²) in [6, 6.07) is 3.80. The second kappa shape index (κ2) is 6.66. The number of nitrogens with zero attached hydrogens (tertiary/aromatic N) is 2. The molecule has 0 aromatic carbocycles. The average Bonchev–Trinajstić information content (AvgIpc) is 2.30. The van der Waals surface area contributed by atoms with Crippen LogP contribution in [-0.2, 0) is 11.3 Å². The first-order chi connectivity index (χ1) is 8.13. The quantitative estimate of drug-likeness (QED) is 0.750. The predicted octanol–water partition coefficient (Wildman–Crippen LogP) is 1.24. The maximum absolute atomic E-state index is 10.8. The number of terminal acetylenes is 1. The van der Waals surface area contributed by atoms with Crippen molar-refractivity contribution in [3.8, 4) is 12.3 Å². The van der Waals surface area contributed by atoms with Crippen molar-refractivity contribution in [3.63, 3.8) is 0 Å². The van der Waals surface area contributed by atoms with Crippen molar-refractivity contribution < 1.29 is 9.90 Å². The van der Waals surface area contributed by atoms with E-state index in [1.165, 1.54) is 0 Å². The molecule has 0 fully saturated rings. The van der Waals surface area contributed by atoms with E-state index in [0.29, 0.717) is 19.6 Å². The molecule has 0 aliphatic rings. The zero-order valence-corrected chi connectivity index (χ0v) is 9.84. The van der Waals surface area contributed by atoms with E-state index >= 15 is 0 Å². The highest BCUT2D eigenvalue weighted by atomic mass is 16.4. The fourth-order valence-corrected chi connectivity index (χ4v) is 1.53. The first-order valence-electron chi connectivity index (χ1n) is 5.41. The predicted molar refractivity (Wildman–Crippen MR) is 65.1 cm³/mol. The Kier molecular flexibility index (Phi) is 5.18. The lowest BCUT2D eigenvalue weighted by Gasteiger charge is -2.21. The third kappa shape index (κ3) is 4.66. The van der Waals surface area contributed by atoms with Crippen LogP contribution in [0.3, 0.4) is 0 Å². The molecular formula is C13H16N2O2. The highest BCUT2D eigenvalue weighted by Gasteiger charge is 2.15. The van der Waals surface area contributed by atoms with Gasteiger partial charge in [-0.1, -0.05) is 18.9 Å². The summed E-state index contributed by atoms with van der Waals surface area (Å²) in [6.45, 7) is 3.17. The minimum absolute atomic E-state index is 0.431. The number of carboxylic acid groups (broad SMARTS) is 1. The van der Waals surface area contributed by atoms with E-state index in [1.807, 2.05) is 17.0 Å². The Labute approximate surface area is 101 Å². The monoisotopic (exact) mass is 232 g/mol. The largest absolute Gasteiger partial charge is 0.481 e. The molecule has 0 aliphatic heterocycles. The lowest BCUT2D eigenvalue weighted by molar-refractivity contribution is -0.141. The van der Waals surface area contributed by atoms with Gasteiger partial charge in [0.25, 0.3) is 0 Å². The number of aromatic nitrogens is 1. The minimum Gasteiger partial charge on any atom is -0.481 e. The van der Waals surface area contributed by atoms with Crippen molar-refractivity contribution in [2.75, 3.05) is 13.1 Å². The Morgan fingerprint density at radius 1 is 1.71 bits per heavy atom. The van der Waals surface area contributed by atoms with E-state index < -0.39 is 11.9 Å². The molecule has 0 amide bonds. The van der Waals surface area contributed by atoms with Crippen LogP contribution in [0.25, 0.3) is 0 Å². The molecule has 0 saturated heterocycles. The zero-order valence-electron chi connectivity index (χ0n) is 9.84. The second-order valence-electron chi connectivity index (χ2n) is 3.97. The van der Waals surface area contributed by atoms with Crippen LogP contribution in [0.1, 0.15) is 12.5 Å². The molecule has 0 saturated carbocycles. The van der Waals surface area contributed by atoms with Gasteiger partial charge in [-0.25, -0.2) is 0 Å². The standard InChI is InChI=1S/C13H16N2O2/c1-3-7-15(9-11(2)13(16)17)10-12-5-4-6-14-8-12/h1,4-6,8,11H,7,9-10H2,2H3,(H,16,17). The minimum atomic E-state index is -0.807. The van der Waals surface area contributed by atoms with Gasteiger partial charge < -0.3 is 5.11 Å². The molecule has 0 bridgehead atoms. The maximum atomic E-state index is 10.8. The Morgan fingerprint density at radius 2 is 2.47 bits per heavy atom. The molecule has 0 radical (unpaired) electrons. The van der Waals surface area contributed by atoms with Crippen LogP contribution < -0.4 is 0 Å². The van der Waals surface area contributed by atoms with Crippen molar-refractivity contribution in [3.05, 3.63) is 30.1 Å². The maximum Gasteiger partial charge on any atom is 0.307 e. The van der Waals surface area contributed by atoms with Gasteiger partial charge in [-0.05, 0) is 11.6 Å². The van der Waals surface area contributed by atoms with Gasteiger partial charge in [-0.15, -0.1) is 6.42 Å². The number of hydrogen-bond donors (Lipinski definition) is 1. The van der Waals surface area contributed by atoms with E-state index in [0.717, 1.165) is 5.56 Å². The van der Waals surface area contributed by atoms with Crippen LogP contribution in [0.2, 0.25) is 0 Å². The smallest absolute Gasteiger partial charge is 0.307 e. The van der Waals surface area contributed by atoms with Crippen LogP contribution in [0.4, 0.5) is 0 Å². The highest BCUT2D eigenvalue weighted by Crippen LogP contribution is 2.06. The lowest BCUT2D eigenvalue weighted by atomic mass is 10.1. The molecule has 1 aromatic heterocycles. The van der Waals surface area contributed by atoms with E-state index in [2.05, 4.69) is 10.9 Å². The van der Waals surface area contributed by atoms with Gasteiger partial charge >= 0.3 is 5.97 Å². The fraction of sp³-hybridized carbons (Fsp3) is 0.385. The number of carboxylic acids is 1. The summed E-state index contributed by atoms with van der Waals surface area (Å²) in [5, 5.41) is 8.87. The summed E-state index contributed by atoms with van der Waals surface area (Å²) >= 11 is 0. The summed E-state index contributed by atoms with van der Waals surface area (Å²) in [5.74, 6) is 1.31. The number of pyridine rings is 1. The molecule has 1 atom stereocenters. The van der Waals surface area contributed by atoms with E-state index in [-0.39, 0.29) is 0 Å². The molecule has 1 rings (SSSR count). The molecule has 4 heteroatoms. The van der Waals surface area contributed by atoms with Crippen LogP contribution in [0, 0.1) is 18.3 Å².